The number of hydrogen-bond acceptors (Lipinski definition) is 3. The van der Waals surface area contributed by atoms with E-state index in [1.807, 2.05) is 0 Å². The molecule has 3 nitrogen and oxygen atoms in total. The van der Waals surface area contributed by atoms with Gasteiger partial charge in [0.15, 0.2) is 0 Å². The van der Waals surface area contributed by atoms with Gasteiger partial charge in [-0.05, 0) is 18.2 Å². The number of nitrogens with zero attached hydrogens (tertiary/aromatic N) is 1. The Morgan fingerprint density at radius 3 is 2.50 bits per heavy atom. The van der Waals surface area contributed by atoms with Crippen molar-refractivity contribution in [1.29, 1.82) is 0 Å². The van der Waals surface area contributed by atoms with E-state index in [1.165, 1.54) is 24.3 Å². The third kappa shape index (κ3) is 3.31. The molecule has 0 unspecified atom stereocenters. The molecule has 20 heavy (non-hydrogen) atoms. The van der Waals surface area contributed by atoms with Gasteiger partial charge < -0.3 is 4.74 Å². The molecule has 0 atom stereocenters. The van der Waals surface area contributed by atoms with Crippen molar-refractivity contribution in [3.8, 4) is 17.0 Å². The molecule has 0 spiro atoms. The molecule has 1 heterocycles. The molecule has 0 saturated heterocycles. The Bertz CT molecular complexity index is 641. The van der Waals surface area contributed by atoms with Crippen molar-refractivity contribution in [2.24, 2.45) is 0 Å². The third-order valence-corrected chi connectivity index (χ3v) is 2.34. The van der Waals surface area contributed by atoms with Crippen molar-refractivity contribution in [3.63, 3.8) is 0 Å². The molecule has 0 amide bonds. The van der Waals surface area contributed by atoms with Crippen molar-refractivity contribution < 1.29 is 27.1 Å². The average molecular weight is 285 g/mol. The SMILES string of the molecule is O=Cc1cc(F)nc(-c2ccccc2OC(F)(F)F)c1. The monoisotopic (exact) mass is 285 g/mol. The second-order valence-corrected chi connectivity index (χ2v) is 3.77. The van der Waals surface area contributed by atoms with Gasteiger partial charge in [0, 0.05) is 17.2 Å². The lowest BCUT2D eigenvalue weighted by Gasteiger charge is -2.12. The summed E-state index contributed by atoms with van der Waals surface area (Å²) in [5.74, 6) is -1.48. The van der Waals surface area contributed by atoms with E-state index in [4.69, 9.17) is 0 Å². The van der Waals surface area contributed by atoms with E-state index >= 15 is 0 Å². The number of rotatable bonds is 3. The summed E-state index contributed by atoms with van der Waals surface area (Å²) in [6.45, 7) is 0. The molecule has 0 aliphatic heterocycles. The van der Waals surface area contributed by atoms with E-state index < -0.39 is 18.1 Å². The minimum absolute atomic E-state index is 0.0330. The van der Waals surface area contributed by atoms with Crippen LogP contribution >= 0.6 is 0 Å². The van der Waals surface area contributed by atoms with Gasteiger partial charge in [0.05, 0.1) is 5.69 Å². The summed E-state index contributed by atoms with van der Waals surface area (Å²) in [6, 6.07) is 7.21. The molecule has 104 valence electrons. The number of halogens is 4. The Morgan fingerprint density at radius 1 is 1.15 bits per heavy atom. The predicted molar refractivity (Wildman–Crippen MR) is 61.7 cm³/mol. The Balaban J connectivity index is 2.52. The molecule has 0 bridgehead atoms. The highest BCUT2D eigenvalue weighted by molar-refractivity contribution is 5.78. The lowest BCUT2D eigenvalue weighted by Crippen LogP contribution is -2.17. The summed E-state index contributed by atoms with van der Waals surface area (Å²) in [6.07, 6.45) is -4.50. The van der Waals surface area contributed by atoms with Crippen molar-refractivity contribution in [3.05, 3.63) is 47.9 Å². The van der Waals surface area contributed by atoms with Gasteiger partial charge in [0.1, 0.15) is 12.0 Å². The maximum atomic E-state index is 13.2. The van der Waals surface area contributed by atoms with Gasteiger partial charge in [0.2, 0.25) is 5.95 Å². The van der Waals surface area contributed by atoms with Gasteiger partial charge in [-0.2, -0.15) is 4.39 Å². The fraction of sp³-hybridized carbons (Fsp3) is 0.0769. The summed E-state index contributed by atoms with van der Waals surface area (Å²) < 4.78 is 54.0. The topological polar surface area (TPSA) is 39.2 Å². The largest absolute Gasteiger partial charge is 0.573 e. The molecular formula is C13H7F4NO2. The zero-order chi connectivity index (χ0) is 14.8. The fourth-order valence-corrected chi connectivity index (χ4v) is 1.61. The lowest BCUT2D eigenvalue weighted by molar-refractivity contribution is -0.274. The normalized spacial score (nSPS) is 11.2. The molecule has 1 aromatic carbocycles. The number of aromatic nitrogens is 1. The summed E-state index contributed by atoms with van der Waals surface area (Å²) in [5, 5.41) is 0. The number of pyridine rings is 1. The minimum atomic E-state index is -4.88. The van der Waals surface area contributed by atoms with Gasteiger partial charge in [-0.15, -0.1) is 13.2 Å². The van der Waals surface area contributed by atoms with Gasteiger partial charge >= 0.3 is 6.36 Å². The Hall–Kier alpha value is -2.44. The summed E-state index contributed by atoms with van der Waals surface area (Å²) >= 11 is 0. The molecule has 0 N–H and O–H groups in total. The number of alkyl halides is 3. The smallest absolute Gasteiger partial charge is 0.405 e. The van der Waals surface area contributed by atoms with E-state index in [0.29, 0.717) is 6.29 Å². The first-order valence-corrected chi connectivity index (χ1v) is 5.37. The van der Waals surface area contributed by atoms with Crippen LogP contribution in [-0.4, -0.2) is 17.6 Å². The number of aldehydes is 1. The molecule has 1 aromatic heterocycles. The average Bonchev–Trinajstić information content (AvgIpc) is 2.36. The van der Waals surface area contributed by atoms with Crippen LogP contribution in [0.25, 0.3) is 11.3 Å². The quantitative estimate of drug-likeness (QED) is 0.491. The fourth-order valence-electron chi connectivity index (χ4n) is 1.61. The molecule has 0 radical (unpaired) electrons. The molecular weight excluding hydrogens is 278 g/mol. The maximum Gasteiger partial charge on any atom is 0.573 e. The highest BCUT2D eigenvalue weighted by Crippen LogP contribution is 2.32. The molecule has 0 aliphatic rings. The van der Waals surface area contributed by atoms with Crippen LogP contribution in [0, 0.1) is 5.95 Å². The predicted octanol–water partition coefficient (Wildman–Crippen LogP) is 3.60. The summed E-state index contributed by atoms with van der Waals surface area (Å²) in [5.41, 5.74) is -0.214. The van der Waals surface area contributed by atoms with Crippen LogP contribution in [0.5, 0.6) is 5.75 Å². The molecule has 7 heteroatoms. The number of para-hydroxylation sites is 1. The third-order valence-electron chi connectivity index (χ3n) is 2.34. The zero-order valence-corrected chi connectivity index (χ0v) is 9.82. The second kappa shape index (κ2) is 5.28. The standard InChI is InChI=1S/C13H7F4NO2/c14-12-6-8(7-19)5-10(18-12)9-3-1-2-4-11(9)20-13(15,16)17/h1-7H. The van der Waals surface area contributed by atoms with Gasteiger partial charge in [0.25, 0.3) is 0 Å². The number of hydrogen-bond donors (Lipinski definition) is 0. The summed E-state index contributed by atoms with van der Waals surface area (Å²) in [4.78, 5) is 14.1. The van der Waals surface area contributed by atoms with E-state index in [-0.39, 0.29) is 16.8 Å². The van der Waals surface area contributed by atoms with Crippen molar-refractivity contribution in [2.45, 2.75) is 6.36 Å². The van der Waals surface area contributed by atoms with E-state index in [2.05, 4.69) is 9.72 Å². The summed E-state index contributed by atoms with van der Waals surface area (Å²) in [7, 11) is 0. The van der Waals surface area contributed by atoms with Crippen LogP contribution in [0.3, 0.4) is 0 Å². The van der Waals surface area contributed by atoms with Crippen molar-refractivity contribution in [2.75, 3.05) is 0 Å². The number of benzene rings is 1. The number of carbonyl (C=O) groups is 1. The van der Waals surface area contributed by atoms with Crippen molar-refractivity contribution in [1.82, 2.24) is 4.98 Å². The molecule has 0 aliphatic carbocycles. The number of ether oxygens (including phenoxy) is 1. The van der Waals surface area contributed by atoms with Crippen LogP contribution in [0.4, 0.5) is 17.6 Å². The Labute approximate surface area is 110 Å². The van der Waals surface area contributed by atoms with Crippen molar-refractivity contribution >= 4 is 6.29 Å². The Morgan fingerprint density at radius 2 is 1.85 bits per heavy atom. The van der Waals surface area contributed by atoms with Gasteiger partial charge in [-0.25, -0.2) is 4.98 Å². The first-order valence-electron chi connectivity index (χ1n) is 5.37. The molecule has 0 saturated carbocycles. The highest BCUT2D eigenvalue weighted by atomic mass is 19.4. The van der Waals surface area contributed by atoms with Crippen LogP contribution < -0.4 is 4.74 Å². The van der Waals surface area contributed by atoms with E-state index in [1.54, 1.807) is 0 Å². The van der Waals surface area contributed by atoms with Crippen LogP contribution in [-0.2, 0) is 0 Å². The second-order valence-electron chi connectivity index (χ2n) is 3.77. The minimum Gasteiger partial charge on any atom is -0.405 e. The first kappa shape index (κ1) is 14.0. The van der Waals surface area contributed by atoms with E-state index in [0.717, 1.165) is 12.1 Å². The number of carbonyl (C=O) groups excluding carboxylic acids is 1. The Kier molecular flexibility index (Phi) is 3.69. The molecule has 0 fully saturated rings. The maximum absolute atomic E-state index is 13.2. The van der Waals surface area contributed by atoms with Gasteiger partial charge in [-0.1, -0.05) is 12.1 Å². The van der Waals surface area contributed by atoms with Crippen LogP contribution in [0.15, 0.2) is 36.4 Å². The first-order chi connectivity index (χ1) is 9.39. The van der Waals surface area contributed by atoms with Crippen LogP contribution in [0.2, 0.25) is 0 Å². The zero-order valence-electron chi connectivity index (χ0n) is 9.82. The molecule has 2 rings (SSSR count). The van der Waals surface area contributed by atoms with Crippen LogP contribution in [0.1, 0.15) is 10.4 Å². The van der Waals surface area contributed by atoms with E-state index in [9.17, 15) is 22.4 Å². The van der Waals surface area contributed by atoms with Gasteiger partial charge in [-0.3, -0.25) is 4.79 Å². The lowest BCUT2D eigenvalue weighted by atomic mass is 10.1. The highest BCUT2D eigenvalue weighted by Gasteiger charge is 2.32. The molecule has 2 aromatic rings.